The Kier molecular flexibility index (Phi) is 5.49. The van der Waals surface area contributed by atoms with E-state index in [1.807, 2.05) is 0 Å². The SMILES string of the molecule is Cc1ccc(-c2cc3c(C)cc(C)cc3nc2-c2cc3ccc2CCc2ccc(cc2)CC3)cc1. The molecule has 0 amide bonds. The van der Waals surface area contributed by atoms with E-state index in [1.165, 1.54) is 61.0 Å². The highest BCUT2D eigenvalue weighted by atomic mass is 14.7. The van der Waals surface area contributed by atoms with Crippen molar-refractivity contribution in [1.82, 2.24) is 4.98 Å². The van der Waals surface area contributed by atoms with Gasteiger partial charge in [-0.2, -0.15) is 0 Å². The molecule has 0 N–H and O–H groups in total. The molecule has 4 bridgehead atoms. The van der Waals surface area contributed by atoms with Gasteiger partial charge in [0, 0.05) is 16.5 Å². The molecule has 1 nitrogen and oxygen atoms in total. The first-order valence-electron chi connectivity index (χ1n) is 12.7. The first-order valence-corrected chi connectivity index (χ1v) is 12.7. The van der Waals surface area contributed by atoms with E-state index in [0.717, 1.165) is 36.9 Å². The predicted molar refractivity (Wildman–Crippen MR) is 148 cm³/mol. The van der Waals surface area contributed by atoms with Gasteiger partial charge < -0.3 is 0 Å². The zero-order chi connectivity index (χ0) is 23.9. The van der Waals surface area contributed by atoms with Gasteiger partial charge in [-0.15, -0.1) is 0 Å². The van der Waals surface area contributed by atoms with Crippen LogP contribution in [0.4, 0.5) is 0 Å². The van der Waals surface area contributed by atoms with E-state index in [0.29, 0.717) is 0 Å². The lowest BCUT2D eigenvalue weighted by atomic mass is 9.89. The van der Waals surface area contributed by atoms with Crippen LogP contribution in [0, 0.1) is 20.8 Å². The molecule has 0 radical (unpaired) electrons. The number of aromatic nitrogens is 1. The molecule has 4 aliphatic carbocycles. The molecule has 0 spiro atoms. The molecule has 0 saturated carbocycles. The highest BCUT2D eigenvalue weighted by molar-refractivity contribution is 5.94. The first-order chi connectivity index (χ1) is 17.0. The number of fused-ring (bicyclic) bond motifs is 1. The maximum Gasteiger partial charge on any atom is 0.0790 e. The molecule has 4 aromatic carbocycles. The van der Waals surface area contributed by atoms with Crippen molar-refractivity contribution in [1.29, 1.82) is 0 Å². The molecule has 0 saturated heterocycles. The van der Waals surface area contributed by atoms with Gasteiger partial charge in [-0.3, -0.25) is 0 Å². The van der Waals surface area contributed by atoms with Gasteiger partial charge >= 0.3 is 0 Å². The molecule has 4 aliphatic rings. The highest BCUT2D eigenvalue weighted by Gasteiger charge is 2.17. The Hall–Kier alpha value is -3.71. The third-order valence-corrected chi connectivity index (χ3v) is 7.49. The molecular weight excluding hydrogens is 422 g/mol. The summed E-state index contributed by atoms with van der Waals surface area (Å²) < 4.78 is 0. The standard InChI is InChI=1S/C34H31N/c1-22-4-14-28(15-5-22)32-21-30-24(3)18-23(2)19-33(30)35-34(32)31-20-27-11-10-25-6-8-26(9-7-25)12-16-29(31)17-13-27/h4-9,13-15,17-21H,10-12,16H2,1-3H3. The van der Waals surface area contributed by atoms with Crippen LogP contribution in [0.25, 0.3) is 33.3 Å². The Morgan fingerprint density at radius 2 is 1.20 bits per heavy atom. The van der Waals surface area contributed by atoms with Crippen LogP contribution in [-0.4, -0.2) is 4.98 Å². The fraction of sp³-hybridized carbons (Fsp3) is 0.206. The van der Waals surface area contributed by atoms with Gasteiger partial charge in [-0.1, -0.05) is 72.3 Å². The molecular formula is C34H31N. The summed E-state index contributed by atoms with van der Waals surface area (Å²) in [6.07, 6.45) is 4.15. The van der Waals surface area contributed by atoms with Gasteiger partial charge in [0.05, 0.1) is 11.2 Å². The minimum atomic E-state index is 1.01. The highest BCUT2D eigenvalue weighted by Crippen LogP contribution is 2.37. The lowest BCUT2D eigenvalue weighted by Crippen LogP contribution is -2.02. The molecule has 1 heterocycles. The van der Waals surface area contributed by atoms with Crippen LogP contribution >= 0.6 is 0 Å². The van der Waals surface area contributed by atoms with E-state index < -0.39 is 0 Å². The fourth-order valence-corrected chi connectivity index (χ4v) is 5.45. The summed E-state index contributed by atoms with van der Waals surface area (Å²) in [4.78, 5) is 5.38. The summed E-state index contributed by atoms with van der Waals surface area (Å²) >= 11 is 0. The number of benzene rings is 4. The second kappa shape index (κ2) is 8.82. The Balaban J connectivity index is 1.59. The van der Waals surface area contributed by atoms with Gasteiger partial charge in [0.25, 0.3) is 0 Å². The normalized spacial score (nSPS) is 13.1. The molecule has 0 fully saturated rings. The fourth-order valence-electron chi connectivity index (χ4n) is 5.45. The average molecular weight is 454 g/mol. The summed E-state index contributed by atoms with van der Waals surface area (Å²) in [5, 5.41) is 1.24. The van der Waals surface area contributed by atoms with E-state index in [9.17, 15) is 0 Å². The molecule has 35 heavy (non-hydrogen) atoms. The van der Waals surface area contributed by atoms with E-state index in [2.05, 4.69) is 106 Å². The van der Waals surface area contributed by atoms with Crippen LogP contribution in [0.1, 0.15) is 38.9 Å². The minimum Gasteiger partial charge on any atom is -0.247 e. The second-order valence-electron chi connectivity index (χ2n) is 10.2. The molecule has 0 aliphatic heterocycles. The van der Waals surface area contributed by atoms with Crippen molar-refractivity contribution >= 4 is 10.9 Å². The van der Waals surface area contributed by atoms with E-state index in [-0.39, 0.29) is 0 Å². The Bertz CT molecular complexity index is 1540. The molecule has 0 atom stereocenters. The van der Waals surface area contributed by atoms with Crippen LogP contribution in [0.15, 0.2) is 84.9 Å². The van der Waals surface area contributed by atoms with Crippen molar-refractivity contribution in [2.75, 3.05) is 0 Å². The van der Waals surface area contributed by atoms with Crippen molar-refractivity contribution in [3.63, 3.8) is 0 Å². The second-order valence-corrected chi connectivity index (χ2v) is 10.2. The molecule has 1 aromatic heterocycles. The topological polar surface area (TPSA) is 12.9 Å². The smallest absolute Gasteiger partial charge is 0.0790 e. The third kappa shape index (κ3) is 4.28. The number of hydrogen-bond acceptors (Lipinski definition) is 1. The van der Waals surface area contributed by atoms with E-state index in [1.54, 1.807) is 0 Å². The van der Waals surface area contributed by atoms with Crippen molar-refractivity contribution < 1.29 is 0 Å². The molecule has 0 unspecified atom stereocenters. The van der Waals surface area contributed by atoms with Gasteiger partial charge in [0.15, 0.2) is 0 Å². The number of pyridine rings is 1. The quantitative estimate of drug-likeness (QED) is 0.262. The molecule has 1 heteroatoms. The largest absolute Gasteiger partial charge is 0.247 e. The van der Waals surface area contributed by atoms with Crippen molar-refractivity contribution in [3.8, 4) is 22.4 Å². The monoisotopic (exact) mass is 453 g/mol. The van der Waals surface area contributed by atoms with Gasteiger partial charge in [0.2, 0.25) is 0 Å². The third-order valence-electron chi connectivity index (χ3n) is 7.49. The van der Waals surface area contributed by atoms with Gasteiger partial charge in [0.1, 0.15) is 0 Å². The maximum absolute atomic E-state index is 5.38. The van der Waals surface area contributed by atoms with Crippen LogP contribution < -0.4 is 0 Å². The van der Waals surface area contributed by atoms with Crippen LogP contribution in [-0.2, 0) is 25.7 Å². The molecule has 172 valence electrons. The lowest BCUT2D eigenvalue weighted by Gasteiger charge is -2.18. The summed E-state index contributed by atoms with van der Waals surface area (Å²) in [5.74, 6) is 0. The van der Waals surface area contributed by atoms with Gasteiger partial charge in [-0.25, -0.2) is 4.98 Å². The van der Waals surface area contributed by atoms with Crippen LogP contribution in [0.5, 0.6) is 0 Å². The van der Waals surface area contributed by atoms with Crippen molar-refractivity contribution in [3.05, 3.63) is 124 Å². The lowest BCUT2D eigenvalue weighted by molar-refractivity contribution is 0.922. The number of nitrogens with zero attached hydrogens (tertiary/aromatic N) is 1. The Morgan fingerprint density at radius 3 is 1.94 bits per heavy atom. The molecule has 5 aromatic rings. The summed E-state index contributed by atoms with van der Waals surface area (Å²) in [7, 11) is 0. The van der Waals surface area contributed by atoms with Crippen LogP contribution in [0.2, 0.25) is 0 Å². The van der Waals surface area contributed by atoms with E-state index in [4.69, 9.17) is 4.98 Å². The van der Waals surface area contributed by atoms with Gasteiger partial charge in [-0.05, 0) is 104 Å². The van der Waals surface area contributed by atoms with Crippen molar-refractivity contribution in [2.24, 2.45) is 0 Å². The summed E-state index contributed by atoms with van der Waals surface area (Å²) in [5.41, 5.74) is 15.3. The number of hydrogen-bond donors (Lipinski definition) is 0. The Labute approximate surface area is 208 Å². The predicted octanol–water partition coefficient (Wildman–Crippen LogP) is 8.38. The Morgan fingerprint density at radius 1 is 0.543 bits per heavy atom. The first kappa shape index (κ1) is 21.8. The van der Waals surface area contributed by atoms with E-state index >= 15 is 0 Å². The summed E-state index contributed by atoms with van der Waals surface area (Å²) in [6.45, 7) is 6.51. The van der Waals surface area contributed by atoms with Crippen molar-refractivity contribution in [2.45, 2.75) is 46.5 Å². The average Bonchev–Trinajstić information content (AvgIpc) is 2.85. The molecule has 9 rings (SSSR count). The number of rotatable bonds is 2. The number of aryl methyl sites for hydroxylation is 7. The zero-order valence-electron chi connectivity index (χ0n) is 20.9. The summed E-state index contributed by atoms with van der Waals surface area (Å²) in [6, 6.07) is 32.1. The van der Waals surface area contributed by atoms with Crippen LogP contribution in [0.3, 0.4) is 0 Å². The zero-order valence-corrected chi connectivity index (χ0v) is 20.9. The minimum absolute atomic E-state index is 1.01. The maximum atomic E-state index is 5.38.